The highest BCUT2D eigenvalue weighted by Crippen LogP contribution is 2.23. The highest BCUT2D eigenvalue weighted by atomic mass is 35.5. The maximum Gasteiger partial charge on any atom is 0.282 e. The predicted molar refractivity (Wildman–Crippen MR) is 93.1 cm³/mol. The number of carbonyl (C=O) groups is 1. The van der Waals surface area contributed by atoms with Crippen LogP contribution in [0.2, 0.25) is 5.02 Å². The number of benzene rings is 2. The molecule has 0 radical (unpaired) electrons. The Morgan fingerprint density at radius 2 is 2.00 bits per heavy atom. The van der Waals surface area contributed by atoms with E-state index in [1.54, 1.807) is 38.3 Å². The molecule has 0 heterocycles. The Morgan fingerprint density at radius 1 is 1.29 bits per heavy atom. The molecule has 1 amide bonds. The van der Waals surface area contributed by atoms with E-state index in [4.69, 9.17) is 16.3 Å². The van der Waals surface area contributed by atoms with E-state index in [1.165, 1.54) is 6.07 Å². The van der Waals surface area contributed by atoms with Crippen LogP contribution in [-0.4, -0.2) is 26.1 Å². The van der Waals surface area contributed by atoms with E-state index in [0.717, 1.165) is 4.90 Å². The molecule has 0 saturated heterocycles. The van der Waals surface area contributed by atoms with Crippen LogP contribution in [0.1, 0.15) is 12.5 Å². The molecule has 0 aromatic heterocycles. The standard InChI is InChI=1S/C18H20ClFN2O2/c1-12(18(23)21-16-9-4-5-10-17(16)24-3)22(2)11-13-14(19)7-6-8-15(13)20/h4-10,12H,11H2,1-3H3,(H,21,23)/p+1/t12-/m0/s1. The molecule has 0 aliphatic heterocycles. The van der Waals surface area contributed by atoms with Crippen LogP contribution in [0.4, 0.5) is 10.1 Å². The third-order valence-corrected chi connectivity index (χ3v) is 4.37. The summed E-state index contributed by atoms with van der Waals surface area (Å²) in [4.78, 5) is 13.3. The Labute approximate surface area is 146 Å². The third kappa shape index (κ3) is 4.24. The number of hydrogen-bond acceptors (Lipinski definition) is 2. The lowest BCUT2D eigenvalue weighted by Gasteiger charge is -2.22. The van der Waals surface area contributed by atoms with Gasteiger partial charge in [0.15, 0.2) is 6.04 Å². The molecule has 4 nitrogen and oxygen atoms in total. The largest absolute Gasteiger partial charge is 0.495 e. The van der Waals surface area contributed by atoms with Gasteiger partial charge in [-0.2, -0.15) is 0 Å². The van der Waals surface area contributed by atoms with Gasteiger partial charge in [-0.1, -0.05) is 29.8 Å². The highest BCUT2D eigenvalue weighted by molar-refractivity contribution is 6.31. The second kappa shape index (κ2) is 8.13. The van der Waals surface area contributed by atoms with Crippen LogP contribution < -0.4 is 15.0 Å². The fourth-order valence-corrected chi connectivity index (χ4v) is 2.58. The van der Waals surface area contributed by atoms with E-state index in [9.17, 15) is 9.18 Å². The summed E-state index contributed by atoms with van der Waals surface area (Å²) in [5.74, 6) is 0.0523. The van der Waals surface area contributed by atoms with Crippen LogP contribution in [0.5, 0.6) is 5.75 Å². The third-order valence-electron chi connectivity index (χ3n) is 4.01. The molecule has 2 aromatic carbocycles. The van der Waals surface area contributed by atoms with Crippen LogP contribution in [0, 0.1) is 5.82 Å². The molecule has 2 aromatic rings. The van der Waals surface area contributed by atoms with Crippen LogP contribution in [0.3, 0.4) is 0 Å². The van der Waals surface area contributed by atoms with Gasteiger partial charge < -0.3 is 15.0 Å². The molecule has 0 bridgehead atoms. The van der Waals surface area contributed by atoms with Crippen LogP contribution in [0.25, 0.3) is 0 Å². The quantitative estimate of drug-likeness (QED) is 0.840. The van der Waals surface area contributed by atoms with Gasteiger partial charge in [0, 0.05) is 0 Å². The van der Waals surface area contributed by atoms with Crippen molar-refractivity contribution in [3.05, 3.63) is 58.9 Å². The van der Waals surface area contributed by atoms with Crippen LogP contribution in [0.15, 0.2) is 42.5 Å². The second-order valence-corrected chi connectivity index (χ2v) is 6.04. The number of hydrogen-bond donors (Lipinski definition) is 2. The lowest BCUT2D eigenvalue weighted by Crippen LogP contribution is -3.12. The number of methoxy groups -OCH3 is 1. The van der Waals surface area contributed by atoms with E-state index < -0.39 is 6.04 Å². The maximum atomic E-state index is 13.9. The smallest absolute Gasteiger partial charge is 0.282 e. The molecule has 0 spiro atoms. The molecule has 2 atom stereocenters. The van der Waals surface area contributed by atoms with Crippen molar-refractivity contribution in [1.29, 1.82) is 0 Å². The maximum absolute atomic E-state index is 13.9. The van der Waals surface area contributed by atoms with Crippen molar-refractivity contribution in [3.63, 3.8) is 0 Å². The topological polar surface area (TPSA) is 42.8 Å². The highest BCUT2D eigenvalue weighted by Gasteiger charge is 2.24. The van der Waals surface area contributed by atoms with Gasteiger partial charge in [0.1, 0.15) is 18.1 Å². The Kier molecular flexibility index (Phi) is 6.17. The number of para-hydroxylation sites is 2. The van der Waals surface area contributed by atoms with Gasteiger partial charge in [-0.25, -0.2) is 4.39 Å². The van der Waals surface area contributed by atoms with E-state index >= 15 is 0 Å². The SMILES string of the molecule is COc1ccccc1NC(=O)[C@H](C)[NH+](C)Cc1c(F)cccc1Cl. The molecule has 24 heavy (non-hydrogen) atoms. The molecule has 0 saturated carbocycles. The van der Waals surface area contributed by atoms with Crippen molar-refractivity contribution in [2.75, 3.05) is 19.5 Å². The van der Waals surface area contributed by atoms with Crippen molar-refractivity contribution >= 4 is 23.2 Å². The molecule has 2 rings (SSSR count). The zero-order valence-electron chi connectivity index (χ0n) is 13.9. The fraction of sp³-hybridized carbons (Fsp3) is 0.278. The lowest BCUT2D eigenvalue weighted by molar-refractivity contribution is -0.908. The minimum absolute atomic E-state index is 0.176. The number of quaternary nitrogens is 1. The summed E-state index contributed by atoms with van der Waals surface area (Å²) < 4.78 is 19.1. The van der Waals surface area contributed by atoms with E-state index in [-0.39, 0.29) is 11.7 Å². The zero-order valence-corrected chi connectivity index (χ0v) is 14.7. The normalized spacial score (nSPS) is 13.2. The minimum atomic E-state index is -0.398. The fourth-order valence-electron chi connectivity index (χ4n) is 2.35. The molecule has 2 N–H and O–H groups in total. The molecule has 0 aliphatic rings. The van der Waals surface area contributed by atoms with Gasteiger partial charge in [-0.05, 0) is 31.2 Å². The number of likely N-dealkylation sites (N-methyl/N-ethyl adjacent to an activating group) is 1. The minimum Gasteiger partial charge on any atom is -0.495 e. The van der Waals surface area contributed by atoms with Gasteiger partial charge in [-0.3, -0.25) is 4.79 Å². The molecule has 6 heteroatoms. The van der Waals surface area contributed by atoms with Gasteiger partial charge in [0.25, 0.3) is 5.91 Å². The predicted octanol–water partition coefficient (Wildman–Crippen LogP) is 2.53. The van der Waals surface area contributed by atoms with E-state index in [2.05, 4.69) is 5.32 Å². The molecular weight excluding hydrogens is 331 g/mol. The average Bonchev–Trinajstić information content (AvgIpc) is 2.57. The molecular formula is C18H21ClFN2O2+. The Hall–Kier alpha value is -2.11. The van der Waals surface area contributed by atoms with Crippen molar-refractivity contribution in [1.82, 2.24) is 0 Å². The van der Waals surface area contributed by atoms with Crippen molar-refractivity contribution in [2.24, 2.45) is 0 Å². The summed E-state index contributed by atoms with van der Waals surface area (Å²) in [5.41, 5.74) is 1.02. The summed E-state index contributed by atoms with van der Waals surface area (Å²) in [5, 5.41) is 3.21. The first-order chi connectivity index (χ1) is 11.4. The van der Waals surface area contributed by atoms with E-state index in [0.29, 0.717) is 28.6 Å². The van der Waals surface area contributed by atoms with Gasteiger partial charge in [-0.15, -0.1) is 0 Å². The summed E-state index contributed by atoms with van der Waals surface area (Å²) in [6, 6.07) is 11.4. The number of anilines is 1. The van der Waals surface area contributed by atoms with Gasteiger partial charge in [0.05, 0.1) is 30.4 Å². The molecule has 1 unspecified atom stereocenters. The van der Waals surface area contributed by atoms with Crippen LogP contribution >= 0.6 is 11.6 Å². The van der Waals surface area contributed by atoms with Crippen LogP contribution in [-0.2, 0) is 11.3 Å². The number of rotatable bonds is 6. The first-order valence-electron chi connectivity index (χ1n) is 7.63. The molecule has 128 valence electrons. The summed E-state index contributed by atoms with van der Waals surface area (Å²) >= 11 is 6.06. The second-order valence-electron chi connectivity index (χ2n) is 5.63. The number of carbonyl (C=O) groups excluding carboxylic acids is 1. The number of halogens is 2. The summed E-state index contributed by atoms with van der Waals surface area (Å²) in [6.45, 7) is 2.10. The van der Waals surface area contributed by atoms with Crippen molar-refractivity contribution < 1.29 is 18.8 Å². The van der Waals surface area contributed by atoms with Gasteiger partial charge >= 0.3 is 0 Å². The van der Waals surface area contributed by atoms with E-state index in [1.807, 2.05) is 19.2 Å². The number of amides is 1. The first-order valence-corrected chi connectivity index (χ1v) is 8.01. The Balaban J connectivity index is 2.07. The monoisotopic (exact) mass is 351 g/mol. The Bertz CT molecular complexity index is 704. The zero-order chi connectivity index (χ0) is 17.7. The van der Waals surface area contributed by atoms with Crippen molar-refractivity contribution in [3.8, 4) is 5.75 Å². The number of ether oxygens (including phenoxy) is 1. The first kappa shape index (κ1) is 18.2. The lowest BCUT2D eigenvalue weighted by atomic mass is 10.1. The Morgan fingerprint density at radius 3 is 2.67 bits per heavy atom. The summed E-state index contributed by atoms with van der Waals surface area (Å²) in [7, 11) is 3.38. The molecule has 0 aliphatic carbocycles. The number of nitrogens with one attached hydrogen (secondary N) is 2. The average molecular weight is 352 g/mol. The molecule has 0 fully saturated rings. The van der Waals surface area contributed by atoms with Gasteiger partial charge in [0.2, 0.25) is 0 Å². The summed E-state index contributed by atoms with van der Waals surface area (Å²) in [6.07, 6.45) is 0. The van der Waals surface area contributed by atoms with Crippen molar-refractivity contribution in [2.45, 2.75) is 19.5 Å².